The first-order valence-electron chi connectivity index (χ1n) is 5.89. The van der Waals surface area contributed by atoms with Gasteiger partial charge in [-0.05, 0) is 28.5 Å². The summed E-state index contributed by atoms with van der Waals surface area (Å²) < 4.78 is 44.1. The number of hydrogen-bond donors (Lipinski definition) is 0. The molecule has 0 N–H and O–H groups in total. The summed E-state index contributed by atoms with van der Waals surface area (Å²) in [5, 5.41) is 11.3. The number of thiophene rings is 1. The van der Waals surface area contributed by atoms with Crippen molar-refractivity contribution in [3.8, 4) is 11.5 Å². The quantitative estimate of drug-likeness (QED) is 0.738. The lowest BCUT2D eigenvalue weighted by molar-refractivity contribution is -0.137. The van der Waals surface area contributed by atoms with Crippen LogP contribution in [0.25, 0.3) is 11.5 Å². The molecule has 0 aromatic carbocycles. The van der Waals surface area contributed by atoms with Gasteiger partial charge in [0.2, 0.25) is 11.8 Å². The number of pyridine rings is 1. The van der Waals surface area contributed by atoms with Gasteiger partial charge in [-0.3, -0.25) is 4.98 Å². The van der Waals surface area contributed by atoms with E-state index in [1.807, 2.05) is 16.8 Å². The highest BCUT2D eigenvalue weighted by molar-refractivity contribution is 7.07. The van der Waals surface area contributed by atoms with E-state index in [0.29, 0.717) is 6.42 Å². The summed E-state index contributed by atoms with van der Waals surface area (Å²) in [5.41, 5.74) is -0.0882. The lowest BCUT2D eigenvalue weighted by Crippen LogP contribution is -2.07. The van der Waals surface area contributed by atoms with Crippen LogP contribution in [0.3, 0.4) is 0 Å². The second-order valence-corrected chi connectivity index (χ2v) is 5.01. The molecule has 0 saturated carbocycles. The minimum atomic E-state index is -4.50. The van der Waals surface area contributed by atoms with E-state index in [0.717, 1.165) is 24.0 Å². The molecule has 3 heterocycles. The van der Waals surface area contributed by atoms with Crippen LogP contribution in [0.1, 0.15) is 17.0 Å². The Labute approximate surface area is 121 Å². The zero-order chi connectivity index (χ0) is 14.9. The zero-order valence-electron chi connectivity index (χ0n) is 10.5. The Morgan fingerprint density at radius 3 is 2.76 bits per heavy atom. The summed E-state index contributed by atoms with van der Waals surface area (Å²) in [6.07, 6.45) is -1.96. The Bertz CT molecular complexity index is 737. The van der Waals surface area contributed by atoms with Crippen molar-refractivity contribution in [1.29, 1.82) is 0 Å². The Morgan fingerprint density at radius 1 is 1.19 bits per heavy atom. The Hall–Kier alpha value is -2.22. The van der Waals surface area contributed by atoms with Gasteiger partial charge in [-0.15, -0.1) is 10.2 Å². The normalized spacial score (nSPS) is 11.8. The molecule has 4 nitrogen and oxygen atoms in total. The van der Waals surface area contributed by atoms with Crippen LogP contribution in [0.15, 0.2) is 39.7 Å². The average Bonchev–Trinajstić information content (AvgIpc) is 3.10. The molecule has 8 heteroatoms. The Kier molecular flexibility index (Phi) is 3.46. The minimum absolute atomic E-state index is 0.180. The molecule has 0 aliphatic carbocycles. The highest BCUT2D eigenvalue weighted by atomic mass is 32.1. The number of nitrogens with zero attached hydrogens (tertiary/aromatic N) is 3. The summed E-state index contributed by atoms with van der Waals surface area (Å²) in [4.78, 5) is 3.69. The predicted molar refractivity (Wildman–Crippen MR) is 69.7 cm³/mol. The number of aromatic nitrogens is 3. The van der Waals surface area contributed by atoms with Crippen LogP contribution in [0, 0.1) is 0 Å². The third kappa shape index (κ3) is 2.94. The SMILES string of the molecule is FC(F)(F)c1ccncc1-c1nnc(Cc2ccsc2)o1. The fourth-order valence-corrected chi connectivity index (χ4v) is 2.48. The summed E-state index contributed by atoms with van der Waals surface area (Å²) in [6.45, 7) is 0. The highest BCUT2D eigenvalue weighted by Gasteiger charge is 2.35. The van der Waals surface area contributed by atoms with Gasteiger partial charge in [-0.25, -0.2) is 0 Å². The van der Waals surface area contributed by atoms with Crippen molar-refractivity contribution in [2.75, 3.05) is 0 Å². The standard InChI is InChI=1S/C13H8F3N3OS/c14-13(15,16)10-1-3-17-6-9(10)12-19-18-11(20-12)5-8-2-4-21-7-8/h1-4,6-7H,5H2. The Balaban J connectivity index is 1.93. The van der Waals surface area contributed by atoms with E-state index < -0.39 is 11.7 Å². The maximum absolute atomic E-state index is 12.9. The maximum Gasteiger partial charge on any atom is 0.417 e. The molecule has 0 aliphatic heterocycles. The smallest absolute Gasteiger partial charge is 0.417 e. The van der Waals surface area contributed by atoms with Crippen molar-refractivity contribution in [3.05, 3.63) is 52.3 Å². The topological polar surface area (TPSA) is 51.8 Å². The van der Waals surface area contributed by atoms with Crippen LogP contribution in [0.4, 0.5) is 13.2 Å². The van der Waals surface area contributed by atoms with Crippen molar-refractivity contribution >= 4 is 11.3 Å². The molecule has 0 aliphatic rings. The lowest BCUT2D eigenvalue weighted by Gasteiger charge is -2.08. The van der Waals surface area contributed by atoms with Gasteiger partial charge >= 0.3 is 6.18 Å². The van der Waals surface area contributed by atoms with Crippen molar-refractivity contribution < 1.29 is 17.6 Å². The first-order valence-corrected chi connectivity index (χ1v) is 6.83. The lowest BCUT2D eigenvalue weighted by atomic mass is 10.1. The zero-order valence-corrected chi connectivity index (χ0v) is 11.3. The first kappa shape index (κ1) is 13.7. The van der Waals surface area contributed by atoms with Gasteiger partial charge in [0.1, 0.15) is 0 Å². The van der Waals surface area contributed by atoms with Gasteiger partial charge < -0.3 is 4.42 Å². The fourth-order valence-electron chi connectivity index (χ4n) is 1.81. The molecular formula is C13H8F3N3OS. The van der Waals surface area contributed by atoms with E-state index in [1.54, 1.807) is 0 Å². The third-order valence-corrected chi connectivity index (χ3v) is 3.49. The second kappa shape index (κ2) is 5.28. The molecule has 3 rings (SSSR count). The molecule has 21 heavy (non-hydrogen) atoms. The third-order valence-electron chi connectivity index (χ3n) is 2.76. The number of halogens is 3. The molecule has 0 atom stereocenters. The van der Waals surface area contributed by atoms with Crippen LogP contribution < -0.4 is 0 Å². The van der Waals surface area contributed by atoms with Crippen molar-refractivity contribution in [1.82, 2.24) is 15.2 Å². The molecule has 0 amide bonds. The number of rotatable bonds is 3. The highest BCUT2D eigenvalue weighted by Crippen LogP contribution is 2.35. The molecule has 0 saturated heterocycles. The number of hydrogen-bond acceptors (Lipinski definition) is 5. The molecule has 3 aromatic rings. The molecule has 108 valence electrons. The summed E-state index contributed by atoms with van der Waals surface area (Å²) in [5.74, 6) is 0.0843. The average molecular weight is 311 g/mol. The van der Waals surface area contributed by atoms with E-state index in [4.69, 9.17) is 4.42 Å². The summed E-state index contributed by atoms with van der Waals surface area (Å²) in [7, 11) is 0. The van der Waals surface area contributed by atoms with Crippen LogP contribution in [0.5, 0.6) is 0 Å². The van der Waals surface area contributed by atoms with Gasteiger partial charge in [-0.2, -0.15) is 24.5 Å². The van der Waals surface area contributed by atoms with E-state index >= 15 is 0 Å². The van der Waals surface area contributed by atoms with Crippen LogP contribution in [0.2, 0.25) is 0 Å². The Morgan fingerprint density at radius 2 is 2.05 bits per heavy atom. The molecule has 0 radical (unpaired) electrons. The summed E-state index contributed by atoms with van der Waals surface area (Å²) in [6, 6.07) is 2.78. The number of alkyl halides is 3. The minimum Gasteiger partial charge on any atom is -0.420 e. The fraction of sp³-hybridized carbons (Fsp3) is 0.154. The van der Waals surface area contributed by atoms with Crippen LogP contribution in [-0.2, 0) is 12.6 Å². The van der Waals surface area contributed by atoms with Gasteiger partial charge in [0.05, 0.1) is 17.5 Å². The van der Waals surface area contributed by atoms with Crippen molar-refractivity contribution in [2.45, 2.75) is 12.6 Å². The molecule has 0 unspecified atom stereocenters. The second-order valence-electron chi connectivity index (χ2n) is 4.23. The molecule has 0 bridgehead atoms. The van der Waals surface area contributed by atoms with E-state index in [1.165, 1.54) is 11.3 Å². The van der Waals surface area contributed by atoms with E-state index in [2.05, 4.69) is 15.2 Å². The van der Waals surface area contributed by atoms with Gasteiger partial charge in [0.25, 0.3) is 0 Å². The maximum atomic E-state index is 12.9. The summed E-state index contributed by atoms with van der Waals surface area (Å²) >= 11 is 1.52. The predicted octanol–water partition coefficient (Wildman–Crippen LogP) is 3.80. The van der Waals surface area contributed by atoms with Crippen molar-refractivity contribution in [2.24, 2.45) is 0 Å². The van der Waals surface area contributed by atoms with Gasteiger partial charge in [-0.1, -0.05) is 0 Å². The monoisotopic (exact) mass is 311 g/mol. The largest absolute Gasteiger partial charge is 0.420 e. The molecule has 0 fully saturated rings. The van der Waals surface area contributed by atoms with E-state index in [9.17, 15) is 13.2 Å². The first-order chi connectivity index (χ1) is 10.0. The van der Waals surface area contributed by atoms with Crippen LogP contribution >= 0.6 is 11.3 Å². The van der Waals surface area contributed by atoms with Gasteiger partial charge in [0, 0.05) is 12.4 Å². The van der Waals surface area contributed by atoms with Gasteiger partial charge in [0.15, 0.2) is 0 Å². The van der Waals surface area contributed by atoms with Crippen molar-refractivity contribution in [3.63, 3.8) is 0 Å². The molecule has 0 spiro atoms. The molecular weight excluding hydrogens is 303 g/mol. The van der Waals surface area contributed by atoms with Crippen LogP contribution in [-0.4, -0.2) is 15.2 Å². The van der Waals surface area contributed by atoms with E-state index in [-0.39, 0.29) is 17.3 Å². The molecule has 3 aromatic heterocycles.